The van der Waals surface area contributed by atoms with Crippen molar-refractivity contribution in [3.63, 3.8) is 0 Å². The van der Waals surface area contributed by atoms with Crippen LogP contribution in [0.4, 0.5) is 5.82 Å². The van der Waals surface area contributed by atoms with Gasteiger partial charge in [0.25, 0.3) is 0 Å². The summed E-state index contributed by atoms with van der Waals surface area (Å²) in [7, 11) is 0. The van der Waals surface area contributed by atoms with Crippen molar-refractivity contribution in [2.24, 2.45) is 0 Å². The number of hydrogen-bond acceptors (Lipinski definition) is 3. The summed E-state index contributed by atoms with van der Waals surface area (Å²) in [5, 5.41) is 3.35. The molecule has 0 fully saturated rings. The molecule has 2 rings (SSSR count). The zero-order chi connectivity index (χ0) is 13.7. The maximum atomic E-state index is 4.51. The molecule has 1 aromatic carbocycles. The van der Waals surface area contributed by atoms with Gasteiger partial charge < -0.3 is 5.32 Å². The lowest BCUT2D eigenvalue weighted by Crippen LogP contribution is -2.08. The number of nitrogens with zero attached hydrogens (tertiary/aromatic N) is 2. The topological polar surface area (TPSA) is 37.8 Å². The van der Waals surface area contributed by atoms with Crippen LogP contribution in [-0.4, -0.2) is 16.5 Å². The van der Waals surface area contributed by atoms with Gasteiger partial charge in [0.1, 0.15) is 16.2 Å². The average Bonchev–Trinajstić information content (AvgIpc) is 2.39. The molecule has 2 aromatic rings. The molecule has 0 aliphatic rings. The van der Waals surface area contributed by atoms with E-state index in [4.69, 9.17) is 0 Å². The molecule has 0 aliphatic carbocycles. The largest absolute Gasteiger partial charge is 0.370 e. The van der Waals surface area contributed by atoms with Crippen molar-refractivity contribution in [1.29, 1.82) is 0 Å². The fourth-order valence-electron chi connectivity index (χ4n) is 1.76. The number of aromatic nitrogens is 2. The molecule has 0 saturated heterocycles. The summed E-state index contributed by atoms with van der Waals surface area (Å²) in [5.41, 5.74) is 1.33. The molecule has 19 heavy (non-hydrogen) atoms. The number of anilines is 1. The van der Waals surface area contributed by atoms with Gasteiger partial charge in [-0.15, -0.1) is 0 Å². The summed E-state index contributed by atoms with van der Waals surface area (Å²) < 4.78 is 0.827. The van der Waals surface area contributed by atoms with Crippen LogP contribution in [0.1, 0.15) is 31.2 Å². The Balaban J connectivity index is 1.96. The molecule has 0 bridgehead atoms. The van der Waals surface area contributed by atoms with Crippen LogP contribution >= 0.6 is 15.9 Å². The fraction of sp³-hybridized carbons (Fsp3) is 0.333. The molecular formula is C15H18BrN3. The Morgan fingerprint density at radius 3 is 2.58 bits per heavy atom. The second-order valence-corrected chi connectivity index (χ2v) is 5.56. The van der Waals surface area contributed by atoms with Gasteiger partial charge in [0.05, 0.1) is 0 Å². The van der Waals surface area contributed by atoms with E-state index in [-0.39, 0.29) is 0 Å². The lowest BCUT2D eigenvalue weighted by Gasteiger charge is -2.09. The van der Waals surface area contributed by atoms with Gasteiger partial charge in [-0.2, -0.15) is 0 Å². The predicted octanol–water partition coefficient (Wildman–Crippen LogP) is 4.02. The minimum atomic E-state index is 0.326. The van der Waals surface area contributed by atoms with Crippen LogP contribution in [0.2, 0.25) is 0 Å². The maximum absolute atomic E-state index is 4.51. The van der Waals surface area contributed by atoms with Gasteiger partial charge in [-0.1, -0.05) is 44.2 Å². The van der Waals surface area contributed by atoms with Crippen molar-refractivity contribution in [2.45, 2.75) is 26.2 Å². The van der Waals surface area contributed by atoms with Crippen molar-refractivity contribution in [1.82, 2.24) is 9.97 Å². The minimum absolute atomic E-state index is 0.326. The lowest BCUT2D eigenvalue weighted by molar-refractivity contribution is 0.769. The Bertz CT molecular complexity index is 526. The summed E-state index contributed by atoms with van der Waals surface area (Å²) in [5.74, 6) is 2.06. The van der Waals surface area contributed by atoms with Crippen LogP contribution in [0.3, 0.4) is 0 Å². The van der Waals surface area contributed by atoms with Crippen molar-refractivity contribution >= 4 is 21.7 Å². The summed E-state index contributed by atoms with van der Waals surface area (Å²) in [6.45, 7) is 5.05. The number of nitrogens with one attached hydrogen (secondary N) is 1. The Hall–Kier alpha value is -1.42. The Labute approximate surface area is 122 Å². The van der Waals surface area contributed by atoms with E-state index < -0.39 is 0 Å². The molecule has 0 amide bonds. The van der Waals surface area contributed by atoms with Crippen molar-refractivity contribution in [3.05, 3.63) is 52.4 Å². The average molecular weight is 320 g/mol. The molecule has 1 N–H and O–H groups in total. The van der Waals surface area contributed by atoms with Gasteiger partial charge in [-0.05, 0) is 27.9 Å². The van der Waals surface area contributed by atoms with E-state index >= 15 is 0 Å². The first kappa shape index (κ1) is 14.0. The van der Waals surface area contributed by atoms with Crippen LogP contribution in [0.25, 0.3) is 0 Å². The van der Waals surface area contributed by atoms with E-state index in [2.05, 4.69) is 69.3 Å². The number of benzene rings is 1. The molecule has 100 valence electrons. The van der Waals surface area contributed by atoms with Gasteiger partial charge in [-0.25, -0.2) is 9.97 Å². The van der Waals surface area contributed by atoms with Gasteiger partial charge in [0.15, 0.2) is 0 Å². The third kappa shape index (κ3) is 4.31. The first-order valence-corrected chi connectivity index (χ1v) is 7.26. The molecule has 0 atom stereocenters. The zero-order valence-corrected chi connectivity index (χ0v) is 12.8. The van der Waals surface area contributed by atoms with E-state index in [1.807, 2.05) is 12.1 Å². The van der Waals surface area contributed by atoms with Crippen LogP contribution in [-0.2, 0) is 6.42 Å². The highest BCUT2D eigenvalue weighted by atomic mass is 79.9. The van der Waals surface area contributed by atoms with E-state index in [0.29, 0.717) is 5.92 Å². The molecule has 0 spiro atoms. The molecule has 0 unspecified atom stereocenters. The monoisotopic (exact) mass is 319 g/mol. The second kappa shape index (κ2) is 6.66. The van der Waals surface area contributed by atoms with E-state index in [9.17, 15) is 0 Å². The number of rotatable bonds is 5. The summed E-state index contributed by atoms with van der Waals surface area (Å²) in [6, 6.07) is 12.3. The van der Waals surface area contributed by atoms with Crippen molar-refractivity contribution in [3.8, 4) is 0 Å². The lowest BCUT2D eigenvalue weighted by atomic mass is 10.1. The van der Waals surface area contributed by atoms with Gasteiger partial charge >= 0.3 is 0 Å². The standard InChI is InChI=1S/C15H18BrN3/c1-11(2)15-18-13(16)10-14(19-15)17-9-8-12-6-4-3-5-7-12/h3-7,10-11H,8-9H2,1-2H3,(H,17,18,19). The first-order valence-electron chi connectivity index (χ1n) is 6.47. The Morgan fingerprint density at radius 1 is 1.16 bits per heavy atom. The Morgan fingerprint density at radius 2 is 1.89 bits per heavy atom. The molecule has 0 saturated carbocycles. The molecule has 0 radical (unpaired) electrons. The van der Waals surface area contributed by atoms with Crippen LogP contribution in [0.5, 0.6) is 0 Å². The number of halogens is 1. The molecule has 1 heterocycles. The smallest absolute Gasteiger partial charge is 0.134 e. The predicted molar refractivity (Wildman–Crippen MR) is 82.5 cm³/mol. The molecular weight excluding hydrogens is 302 g/mol. The highest BCUT2D eigenvalue weighted by Crippen LogP contribution is 2.17. The fourth-order valence-corrected chi connectivity index (χ4v) is 2.16. The normalized spacial score (nSPS) is 10.7. The van der Waals surface area contributed by atoms with E-state index in [1.165, 1.54) is 5.56 Å². The molecule has 3 nitrogen and oxygen atoms in total. The first-order chi connectivity index (χ1) is 9.15. The van der Waals surface area contributed by atoms with Gasteiger partial charge in [0.2, 0.25) is 0 Å². The minimum Gasteiger partial charge on any atom is -0.370 e. The summed E-state index contributed by atoms with van der Waals surface area (Å²) >= 11 is 3.43. The third-order valence-corrected chi connectivity index (χ3v) is 3.20. The quantitative estimate of drug-likeness (QED) is 0.846. The molecule has 0 aliphatic heterocycles. The SMILES string of the molecule is CC(C)c1nc(Br)cc(NCCc2ccccc2)n1. The third-order valence-electron chi connectivity index (χ3n) is 2.79. The van der Waals surface area contributed by atoms with Crippen LogP contribution in [0.15, 0.2) is 41.0 Å². The summed E-state index contributed by atoms with van der Waals surface area (Å²) in [4.78, 5) is 8.88. The highest BCUT2D eigenvalue weighted by Gasteiger charge is 2.06. The van der Waals surface area contributed by atoms with Crippen LogP contribution in [0, 0.1) is 0 Å². The van der Waals surface area contributed by atoms with E-state index in [1.54, 1.807) is 0 Å². The van der Waals surface area contributed by atoms with Crippen molar-refractivity contribution in [2.75, 3.05) is 11.9 Å². The summed E-state index contributed by atoms with van der Waals surface area (Å²) in [6.07, 6.45) is 0.986. The van der Waals surface area contributed by atoms with Gasteiger partial charge in [-0.3, -0.25) is 0 Å². The van der Waals surface area contributed by atoms with Crippen LogP contribution < -0.4 is 5.32 Å². The molecule has 4 heteroatoms. The Kier molecular flexibility index (Phi) is 4.91. The second-order valence-electron chi connectivity index (χ2n) is 4.75. The number of hydrogen-bond donors (Lipinski definition) is 1. The highest BCUT2D eigenvalue weighted by molar-refractivity contribution is 9.10. The van der Waals surface area contributed by atoms with Crippen molar-refractivity contribution < 1.29 is 0 Å². The van der Waals surface area contributed by atoms with Gasteiger partial charge in [0, 0.05) is 18.5 Å². The van der Waals surface area contributed by atoms with E-state index in [0.717, 1.165) is 29.2 Å². The molecule has 1 aromatic heterocycles. The maximum Gasteiger partial charge on any atom is 0.134 e. The zero-order valence-electron chi connectivity index (χ0n) is 11.2.